The largest absolute Gasteiger partial charge is 0.379 e. The van der Waals surface area contributed by atoms with Crippen molar-refractivity contribution in [2.24, 2.45) is 0 Å². The molecule has 2 aromatic heterocycles. The molecule has 2 heterocycles. The van der Waals surface area contributed by atoms with Crippen LogP contribution in [0.3, 0.4) is 0 Å². The number of hydrogen-bond acceptors (Lipinski definition) is 4. The summed E-state index contributed by atoms with van der Waals surface area (Å²) in [6.07, 6.45) is 6.93. The lowest BCUT2D eigenvalue weighted by Crippen LogP contribution is -2.02. The molecule has 4 heteroatoms. The summed E-state index contributed by atoms with van der Waals surface area (Å²) in [6.45, 7) is 0.655. The fourth-order valence-corrected chi connectivity index (χ4v) is 1.86. The zero-order chi connectivity index (χ0) is 12.2. The molecule has 1 aromatic carbocycles. The highest BCUT2D eigenvalue weighted by Crippen LogP contribution is 2.21. The minimum atomic E-state index is 0.655. The Labute approximate surface area is 105 Å². The molecular weight excluding hydrogens is 224 g/mol. The molecule has 88 valence electrons. The predicted octanol–water partition coefficient (Wildman–Crippen LogP) is 2.64. The maximum absolute atomic E-state index is 4.33. The van der Waals surface area contributed by atoms with Crippen molar-refractivity contribution in [1.82, 2.24) is 15.0 Å². The number of benzene rings is 1. The molecule has 0 radical (unpaired) electrons. The van der Waals surface area contributed by atoms with Gasteiger partial charge in [-0.05, 0) is 24.3 Å². The van der Waals surface area contributed by atoms with Crippen molar-refractivity contribution >= 4 is 16.6 Å². The van der Waals surface area contributed by atoms with Gasteiger partial charge in [-0.15, -0.1) is 0 Å². The predicted molar refractivity (Wildman–Crippen MR) is 71.1 cm³/mol. The number of aromatic nitrogens is 3. The Balaban J connectivity index is 1.87. The van der Waals surface area contributed by atoms with E-state index in [1.807, 2.05) is 24.3 Å². The van der Waals surface area contributed by atoms with Crippen LogP contribution in [0.4, 0.5) is 5.69 Å². The van der Waals surface area contributed by atoms with Crippen molar-refractivity contribution in [2.75, 3.05) is 5.32 Å². The summed E-state index contributed by atoms with van der Waals surface area (Å²) in [5.41, 5.74) is 2.96. The molecule has 0 atom stereocenters. The van der Waals surface area contributed by atoms with Gasteiger partial charge in [0, 0.05) is 29.7 Å². The van der Waals surface area contributed by atoms with E-state index in [4.69, 9.17) is 0 Å². The standard InChI is InChI=1S/C14H12N4/c1-4-13-12(3-2-6-17-13)14(5-1)18-10-11-9-15-7-8-16-11/h1-9,18H,10H2. The number of nitrogens with zero attached hydrogens (tertiary/aromatic N) is 3. The van der Waals surface area contributed by atoms with E-state index in [2.05, 4.69) is 26.3 Å². The number of hydrogen-bond donors (Lipinski definition) is 1. The molecule has 0 unspecified atom stereocenters. The fraction of sp³-hybridized carbons (Fsp3) is 0.0714. The minimum Gasteiger partial charge on any atom is -0.379 e. The smallest absolute Gasteiger partial charge is 0.0777 e. The molecule has 1 N–H and O–H groups in total. The van der Waals surface area contributed by atoms with Gasteiger partial charge in [0.25, 0.3) is 0 Å². The van der Waals surface area contributed by atoms with Crippen molar-refractivity contribution in [3.05, 3.63) is 60.8 Å². The minimum absolute atomic E-state index is 0.655. The highest BCUT2D eigenvalue weighted by Gasteiger charge is 2.00. The maximum atomic E-state index is 4.33. The summed E-state index contributed by atoms with van der Waals surface area (Å²) in [5, 5.41) is 4.48. The van der Waals surface area contributed by atoms with Gasteiger partial charge >= 0.3 is 0 Å². The SMILES string of the molecule is c1cc(NCc2cnccn2)c2cccnc2c1. The van der Waals surface area contributed by atoms with Crippen LogP contribution in [0.25, 0.3) is 10.9 Å². The molecule has 3 aromatic rings. The third kappa shape index (κ3) is 2.13. The van der Waals surface area contributed by atoms with Gasteiger partial charge in [-0.3, -0.25) is 15.0 Å². The fourth-order valence-electron chi connectivity index (χ4n) is 1.86. The van der Waals surface area contributed by atoms with Gasteiger partial charge in [0.2, 0.25) is 0 Å². The van der Waals surface area contributed by atoms with Crippen LogP contribution in [-0.2, 0) is 6.54 Å². The summed E-state index contributed by atoms with van der Waals surface area (Å²) in [4.78, 5) is 12.6. The monoisotopic (exact) mass is 236 g/mol. The second-order valence-corrected chi connectivity index (χ2v) is 3.93. The van der Waals surface area contributed by atoms with Crippen LogP contribution >= 0.6 is 0 Å². The molecule has 0 aliphatic carbocycles. The Hall–Kier alpha value is -2.49. The topological polar surface area (TPSA) is 50.7 Å². The second kappa shape index (κ2) is 4.79. The number of nitrogens with one attached hydrogen (secondary N) is 1. The quantitative estimate of drug-likeness (QED) is 0.759. The third-order valence-electron chi connectivity index (χ3n) is 2.72. The summed E-state index contributed by atoms with van der Waals surface area (Å²) in [6, 6.07) is 10.0. The van der Waals surface area contributed by atoms with E-state index in [1.165, 1.54) is 0 Å². The maximum Gasteiger partial charge on any atom is 0.0777 e. The van der Waals surface area contributed by atoms with E-state index in [0.29, 0.717) is 6.54 Å². The molecular formula is C14H12N4. The number of anilines is 1. The van der Waals surface area contributed by atoms with Crippen molar-refractivity contribution in [1.29, 1.82) is 0 Å². The van der Waals surface area contributed by atoms with Gasteiger partial charge in [-0.2, -0.15) is 0 Å². The summed E-state index contributed by atoms with van der Waals surface area (Å²) in [7, 11) is 0. The highest BCUT2D eigenvalue weighted by atomic mass is 14.9. The van der Waals surface area contributed by atoms with E-state index in [9.17, 15) is 0 Å². The van der Waals surface area contributed by atoms with Crippen molar-refractivity contribution in [3.8, 4) is 0 Å². The van der Waals surface area contributed by atoms with Crippen LogP contribution in [0, 0.1) is 0 Å². The lowest BCUT2D eigenvalue weighted by atomic mass is 10.2. The molecule has 0 aliphatic rings. The average Bonchev–Trinajstić information content (AvgIpc) is 2.46. The molecule has 0 spiro atoms. The number of fused-ring (bicyclic) bond motifs is 1. The zero-order valence-electron chi connectivity index (χ0n) is 9.74. The first-order valence-electron chi connectivity index (χ1n) is 5.76. The van der Waals surface area contributed by atoms with Crippen LogP contribution in [0.5, 0.6) is 0 Å². The van der Waals surface area contributed by atoms with Crippen LogP contribution < -0.4 is 5.32 Å². The van der Waals surface area contributed by atoms with E-state index in [1.54, 1.807) is 24.8 Å². The number of pyridine rings is 1. The lowest BCUT2D eigenvalue weighted by Gasteiger charge is -2.08. The van der Waals surface area contributed by atoms with Gasteiger partial charge in [0.15, 0.2) is 0 Å². The summed E-state index contributed by atoms with van der Waals surface area (Å²) in [5.74, 6) is 0. The molecule has 3 rings (SSSR count). The van der Waals surface area contributed by atoms with Gasteiger partial charge in [0.1, 0.15) is 0 Å². The van der Waals surface area contributed by atoms with Crippen LogP contribution in [0.1, 0.15) is 5.69 Å². The molecule has 4 nitrogen and oxygen atoms in total. The Morgan fingerprint density at radius 3 is 2.83 bits per heavy atom. The highest BCUT2D eigenvalue weighted by molar-refractivity contribution is 5.91. The van der Waals surface area contributed by atoms with Crippen LogP contribution in [0.15, 0.2) is 55.1 Å². The molecule has 0 bridgehead atoms. The number of rotatable bonds is 3. The first kappa shape index (κ1) is 10.7. The van der Waals surface area contributed by atoms with Gasteiger partial charge < -0.3 is 5.32 Å². The third-order valence-corrected chi connectivity index (χ3v) is 2.72. The van der Waals surface area contributed by atoms with E-state index in [0.717, 1.165) is 22.3 Å². The van der Waals surface area contributed by atoms with Crippen LogP contribution in [-0.4, -0.2) is 15.0 Å². The summed E-state index contributed by atoms with van der Waals surface area (Å²) < 4.78 is 0. The first-order chi connectivity index (χ1) is 8.93. The normalized spacial score (nSPS) is 10.4. The Bertz CT molecular complexity index is 647. The first-order valence-corrected chi connectivity index (χ1v) is 5.76. The Kier molecular flexibility index (Phi) is 2.84. The van der Waals surface area contributed by atoms with Crippen molar-refractivity contribution in [2.45, 2.75) is 6.54 Å². The molecule has 18 heavy (non-hydrogen) atoms. The van der Waals surface area contributed by atoms with Crippen molar-refractivity contribution in [3.63, 3.8) is 0 Å². The molecule has 0 saturated carbocycles. The van der Waals surface area contributed by atoms with Gasteiger partial charge in [-0.25, -0.2) is 0 Å². The van der Waals surface area contributed by atoms with Gasteiger partial charge in [0.05, 0.1) is 24.0 Å². The molecule has 0 fully saturated rings. The van der Waals surface area contributed by atoms with Gasteiger partial charge in [-0.1, -0.05) is 6.07 Å². The average molecular weight is 236 g/mol. The summed E-state index contributed by atoms with van der Waals surface area (Å²) >= 11 is 0. The van der Waals surface area contributed by atoms with E-state index in [-0.39, 0.29) is 0 Å². The molecule has 0 amide bonds. The second-order valence-electron chi connectivity index (χ2n) is 3.93. The zero-order valence-corrected chi connectivity index (χ0v) is 9.74. The Morgan fingerprint density at radius 2 is 1.94 bits per heavy atom. The Morgan fingerprint density at radius 1 is 0.944 bits per heavy atom. The lowest BCUT2D eigenvalue weighted by molar-refractivity contribution is 1.01. The van der Waals surface area contributed by atoms with Crippen molar-refractivity contribution < 1.29 is 0 Å². The molecule has 0 aliphatic heterocycles. The van der Waals surface area contributed by atoms with E-state index < -0.39 is 0 Å². The van der Waals surface area contributed by atoms with Crippen LogP contribution in [0.2, 0.25) is 0 Å². The van der Waals surface area contributed by atoms with E-state index >= 15 is 0 Å². The molecule has 0 saturated heterocycles.